The number of nitrogens with two attached hydrogens (primary N) is 1. The van der Waals surface area contributed by atoms with E-state index in [1.165, 1.54) is 5.56 Å². The predicted octanol–water partition coefficient (Wildman–Crippen LogP) is 3.61. The average molecular weight is 358 g/mol. The summed E-state index contributed by atoms with van der Waals surface area (Å²) in [6.07, 6.45) is 0. The molecule has 6 nitrogen and oxygen atoms in total. The number of rotatable bonds is 6. The van der Waals surface area contributed by atoms with Gasteiger partial charge in [0, 0.05) is 24.8 Å². The molecule has 1 aromatic heterocycles. The summed E-state index contributed by atoms with van der Waals surface area (Å²) in [6.45, 7) is 3.37. The van der Waals surface area contributed by atoms with E-state index >= 15 is 0 Å². The van der Waals surface area contributed by atoms with Crippen LogP contribution in [-0.4, -0.2) is 21.9 Å². The van der Waals surface area contributed by atoms with Gasteiger partial charge in [-0.1, -0.05) is 29.8 Å². The number of nitrogens with zero attached hydrogens (tertiary/aromatic N) is 4. The summed E-state index contributed by atoms with van der Waals surface area (Å²) >= 11 is 0. The number of aromatic nitrogens is 2. The fourth-order valence-corrected chi connectivity index (χ4v) is 2.83. The van der Waals surface area contributed by atoms with E-state index in [1.807, 2.05) is 62.5 Å². The molecule has 0 bridgehead atoms. The number of anilines is 3. The third-order valence-electron chi connectivity index (χ3n) is 4.06. The second-order valence-electron chi connectivity index (χ2n) is 6.58. The first-order valence-corrected chi connectivity index (χ1v) is 8.66. The van der Waals surface area contributed by atoms with Crippen LogP contribution in [0.5, 0.6) is 0 Å². The van der Waals surface area contributed by atoms with Crippen molar-refractivity contribution >= 4 is 17.5 Å². The SMILES string of the molecule is Cc1ccc(Nc2cc(CN(C)Cc3cccc(C#N)c3)nc(N)n2)cc1. The van der Waals surface area contributed by atoms with Gasteiger partial charge in [0.1, 0.15) is 5.82 Å². The molecule has 0 atom stereocenters. The van der Waals surface area contributed by atoms with Crippen LogP contribution in [0.4, 0.5) is 17.5 Å². The lowest BCUT2D eigenvalue weighted by Crippen LogP contribution is -2.18. The Morgan fingerprint density at radius 3 is 2.59 bits per heavy atom. The second kappa shape index (κ2) is 8.30. The van der Waals surface area contributed by atoms with Crippen LogP contribution in [0.2, 0.25) is 0 Å². The van der Waals surface area contributed by atoms with E-state index in [2.05, 4.69) is 26.3 Å². The molecule has 0 spiro atoms. The summed E-state index contributed by atoms with van der Waals surface area (Å²) in [5, 5.41) is 12.3. The van der Waals surface area contributed by atoms with Gasteiger partial charge in [-0.25, -0.2) is 4.98 Å². The first-order valence-electron chi connectivity index (χ1n) is 8.66. The maximum absolute atomic E-state index is 9.03. The highest BCUT2D eigenvalue weighted by atomic mass is 15.1. The van der Waals surface area contributed by atoms with Crippen LogP contribution in [0.1, 0.15) is 22.4 Å². The van der Waals surface area contributed by atoms with Crippen molar-refractivity contribution in [2.75, 3.05) is 18.1 Å². The number of aryl methyl sites for hydroxylation is 1. The molecule has 3 N–H and O–H groups in total. The lowest BCUT2D eigenvalue weighted by Gasteiger charge is -2.17. The molecule has 3 aromatic rings. The highest BCUT2D eigenvalue weighted by Gasteiger charge is 2.08. The van der Waals surface area contributed by atoms with Gasteiger partial charge < -0.3 is 11.1 Å². The maximum Gasteiger partial charge on any atom is 0.222 e. The monoisotopic (exact) mass is 358 g/mol. The Labute approximate surface area is 159 Å². The molecule has 27 heavy (non-hydrogen) atoms. The minimum absolute atomic E-state index is 0.238. The van der Waals surface area contributed by atoms with Gasteiger partial charge in [0.15, 0.2) is 0 Å². The van der Waals surface area contributed by atoms with E-state index in [0.29, 0.717) is 24.5 Å². The number of benzene rings is 2. The summed E-state index contributed by atoms with van der Waals surface area (Å²) < 4.78 is 0. The fourth-order valence-electron chi connectivity index (χ4n) is 2.83. The molecule has 0 amide bonds. The average Bonchev–Trinajstić information content (AvgIpc) is 2.63. The van der Waals surface area contributed by atoms with E-state index in [-0.39, 0.29) is 5.95 Å². The van der Waals surface area contributed by atoms with Gasteiger partial charge in [-0.2, -0.15) is 10.2 Å². The molecule has 2 aromatic carbocycles. The van der Waals surface area contributed by atoms with Gasteiger partial charge in [0.05, 0.1) is 17.3 Å². The van der Waals surface area contributed by atoms with Gasteiger partial charge in [0.25, 0.3) is 0 Å². The van der Waals surface area contributed by atoms with Gasteiger partial charge >= 0.3 is 0 Å². The third-order valence-corrected chi connectivity index (χ3v) is 4.06. The molecule has 0 aliphatic heterocycles. The Morgan fingerprint density at radius 2 is 1.85 bits per heavy atom. The lowest BCUT2D eigenvalue weighted by atomic mass is 10.1. The third kappa shape index (κ3) is 5.27. The van der Waals surface area contributed by atoms with Crippen molar-refractivity contribution in [1.29, 1.82) is 5.26 Å². The molecular formula is C21H22N6. The number of nitriles is 1. The van der Waals surface area contributed by atoms with Gasteiger partial charge in [-0.05, 0) is 43.8 Å². The zero-order valence-corrected chi connectivity index (χ0v) is 15.5. The van der Waals surface area contributed by atoms with Crippen LogP contribution in [-0.2, 0) is 13.1 Å². The van der Waals surface area contributed by atoms with Crippen LogP contribution < -0.4 is 11.1 Å². The normalized spacial score (nSPS) is 10.6. The zero-order valence-electron chi connectivity index (χ0n) is 15.5. The smallest absolute Gasteiger partial charge is 0.222 e. The van der Waals surface area contributed by atoms with Crippen LogP contribution in [0.3, 0.4) is 0 Å². The van der Waals surface area contributed by atoms with Crippen molar-refractivity contribution in [3.63, 3.8) is 0 Å². The van der Waals surface area contributed by atoms with E-state index in [0.717, 1.165) is 16.9 Å². The molecule has 0 saturated carbocycles. The standard InChI is InChI=1S/C21H22N6/c1-15-6-8-18(9-7-15)24-20-11-19(25-21(23)26-20)14-27(2)13-17-5-3-4-16(10-17)12-22/h3-11H,13-14H2,1-2H3,(H3,23,24,25,26). The minimum Gasteiger partial charge on any atom is -0.368 e. The van der Waals surface area contributed by atoms with Crippen molar-refractivity contribution in [3.8, 4) is 6.07 Å². The zero-order chi connectivity index (χ0) is 19.2. The van der Waals surface area contributed by atoms with Crippen molar-refractivity contribution in [3.05, 3.63) is 77.0 Å². The molecule has 0 radical (unpaired) electrons. The Morgan fingerprint density at radius 1 is 1.07 bits per heavy atom. The Kier molecular flexibility index (Phi) is 5.64. The number of nitrogens with one attached hydrogen (secondary N) is 1. The fraction of sp³-hybridized carbons (Fsp3) is 0.190. The summed E-state index contributed by atoms with van der Waals surface area (Å²) in [4.78, 5) is 10.7. The van der Waals surface area contributed by atoms with Crippen LogP contribution in [0, 0.1) is 18.3 Å². The summed E-state index contributed by atoms with van der Waals surface area (Å²) in [6, 6.07) is 19.8. The molecule has 3 rings (SSSR count). The van der Waals surface area contributed by atoms with Gasteiger partial charge in [-0.3, -0.25) is 4.90 Å². The van der Waals surface area contributed by atoms with Crippen molar-refractivity contribution in [1.82, 2.24) is 14.9 Å². The highest BCUT2D eigenvalue weighted by Crippen LogP contribution is 2.18. The molecule has 6 heteroatoms. The highest BCUT2D eigenvalue weighted by molar-refractivity contribution is 5.57. The molecular weight excluding hydrogens is 336 g/mol. The molecule has 1 heterocycles. The van der Waals surface area contributed by atoms with Crippen molar-refractivity contribution in [2.24, 2.45) is 0 Å². The predicted molar refractivity (Wildman–Crippen MR) is 107 cm³/mol. The van der Waals surface area contributed by atoms with E-state index in [4.69, 9.17) is 11.0 Å². The van der Waals surface area contributed by atoms with E-state index < -0.39 is 0 Å². The quantitative estimate of drug-likeness (QED) is 0.699. The van der Waals surface area contributed by atoms with Gasteiger partial charge in [-0.15, -0.1) is 0 Å². The Hall–Kier alpha value is -3.43. The summed E-state index contributed by atoms with van der Waals surface area (Å²) in [5.74, 6) is 0.906. The lowest BCUT2D eigenvalue weighted by molar-refractivity contribution is 0.315. The molecule has 0 fully saturated rings. The Balaban J connectivity index is 1.69. The first kappa shape index (κ1) is 18.4. The van der Waals surface area contributed by atoms with Gasteiger partial charge in [0.2, 0.25) is 5.95 Å². The molecule has 136 valence electrons. The van der Waals surface area contributed by atoms with Crippen LogP contribution in [0.15, 0.2) is 54.6 Å². The molecule has 0 saturated heterocycles. The summed E-state index contributed by atoms with van der Waals surface area (Å²) in [5.41, 5.74) is 10.6. The van der Waals surface area contributed by atoms with Crippen molar-refractivity contribution < 1.29 is 0 Å². The van der Waals surface area contributed by atoms with E-state index in [1.54, 1.807) is 6.07 Å². The maximum atomic E-state index is 9.03. The number of hydrogen-bond donors (Lipinski definition) is 2. The van der Waals surface area contributed by atoms with E-state index in [9.17, 15) is 0 Å². The topological polar surface area (TPSA) is 90.9 Å². The number of nitrogen functional groups attached to an aromatic ring is 1. The molecule has 0 aliphatic carbocycles. The second-order valence-corrected chi connectivity index (χ2v) is 6.58. The van der Waals surface area contributed by atoms with Crippen LogP contribution in [0.25, 0.3) is 0 Å². The molecule has 0 aliphatic rings. The summed E-state index contributed by atoms with van der Waals surface area (Å²) in [7, 11) is 2.00. The van der Waals surface area contributed by atoms with Crippen LogP contribution >= 0.6 is 0 Å². The number of hydrogen-bond acceptors (Lipinski definition) is 6. The Bertz CT molecular complexity index is 959. The molecule has 0 unspecified atom stereocenters. The first-order chi connectivity index (χ1) is 13.0. The largest absolute Gasteiger partial charge is 0.368 e. The van der Waals surface area contributed by atoms with Crippen molar-refractivity contribution in [2.45, 2.75) is 20.0 Å². The minimum atomic E-state index is 0.238.